The summed E-state index contributed by atoms with van der Waals surface area (Å²) >= 11 is 3.59. The van der Waals surface area contributed by atoms with Crippen LogP contribution in [0.15, 0.2) is 34.9 Å². The van der Waals surface area contributed by atoms with Gasteiger partial charge in [-0.3, -0.25) is 5.32 Å². The van der Waals surface area contributed by atoms with Crippen molar-refractivity contribution in [2.75, 3.05) is 6.54 Å². The van der Waals surface area contributed by atoms with Crippen molar-refractivity contribution in [1.29, 1.82) is 0 Å². The largest absolute Gasteiger partial charge is 0.333 e. The van der Waals surface area contributed by atoms with Gasteiger partial charge in [0.05, 0.1) is 12.2 Å². The first-order chi connectivity index (χ1) is 7.33. The highest BCUT2D eigenvalue weighted by Gasteiger charge is 2.03. The molecule has 0 atom stereocenters. The quantitative estimate of drug-likeness (QED) is 0.840. The molecule has 80 valence electrons. The molecular formula is C12H15BrN2. The first kappa shape index (κ1) is 10.7. The van der Waals surface area contributed by atoms with E-state index in [4.69, 9.17) is 0 Å². The van der Waals surface area contributed by atoms with Crippen LogP contribution in [0.3, 0.4) is 0 Å². The number of nitrogens with zero attached hydrogens (tertiary/aromatic N) is 1. The van der Waals surface area contributed by atoms with E-state index < -0.39 is 0 Å². The van der Waals surface area contributed by atoms with Crippen molar-refractivity contribution in [2.45, 2.75) is 20.0 Å². The molecule has 2 rings (SSSR count). The van der Waals surface area contributed by atoms with Crippen molar-refractivity contribution in [3.63, 3.8) is 0 Å². The average Bonchev–Trinajstić information content (AvgIpc) is 2.63. The van der Waals surface area contributed by atoms with Crippen molar-refractivity contribution in [2.24, 2.45) is 0 Å². The van der Waals surface area contributed by atoms with Crippen LogP contribution in [-0.4, -0.2) is 11.1 Å². The van der Waals surface area contributed by atoms with Gasteiger partial charge in [-0.2, -0.15) is 0 Å². The van der Waals surface area contributed by atoms with Crippen LogP contribution in [0.25, 0.3) is 10.9 Å². The molecule has 0 amide bonds. The Kier molecular flexibility index (Phi) is 3.44. The van der Waals surface area contributed by atoms with Crippen LogP contribution < -0.4 is 5.32 Å². The minimum atomic E-state index is 0.875. The van der Waals surface area contributed by atoms with Crippen molar-refractivity contribution < 1.29 is 0 Å². The van der Waals surface area contributed by atoms with Crippen LogP contribution >= 0.6 is 15.9 Å². The Morgan fingerprint density at radius 2 is 2.20 bits per heavy atom. The lowest BCUT2D eigenvalue weighted by Gasteiger charge is -2.07. The minimum Gasteiger partial charge on any atom is -0.333 e. The lowest BCUT2D eigenvalue weighted by atomic mass is 10.2. The highest BCUT2D eigenvalue weighted by atomic mass is 79.9. The number of nitrogens with one attached hydrogen (secondary N) is 1. The molecular weight excluding hydrogens is 252 g/mol. The smallest absolute Gasteiger partial charge is 0.0726 e. The van der Waals surface area contributed by atoms with E-state index >= 15 is 0 Å². The molecule has 0 bridgehead atoms. The molecule has 0 aliphatic carbocycles. The lowest BCUT2D eigenvalue weighted by Crippen LogP contribution is -2.18. The number of fused-ring (bicyclic) bond motifs is 1. The SMILES string of the molecule is CCCNCn1ccc2cccc(Br)c21. The van der Waals surface area contributed by atoms with E-state index in [-0.39, 0.29) is 0 Å². The molecule has 2 nitrogen and oxygen atoms in total. The summed E-state index contributed by atoms with van der Waals surface area (Å²) in [5, 5.41) is 4.68. The number of rotatable bonds is 4. The highest BCUT2D eigenvalue weighted by molar-refractivity contribution is 9.10. The summed E-state index contributed by atoms with van der Waals surface area (Å²) < 4.78 is 3.39. The third-order valence-electron chi connectivity index (χ3n) is 2.45. The molecule has 3 heteroatoms. The van der Waals surface area contributed by atoms with Gasteiger partial charge in [-0.25, -0.2) is 0 Å². The molecule has 0 fully saturated rings. The lowest BCUT2D eigenvalue weighted by molar-refractivity contribution is 0.567. The fourth-order valence-electron chi connectivity index (χ4n) is 1.72. The molecule has 0 unspecified atom stereocenters. The minimum absolute atomic E-state index is 0.875. The van der Waals surface area contributed by atoms with Crippen molar-refractivity contribution in [3.8, 4) is 0 Å². The van der Waals surface area contributed by atoms with Crippen LogP contribution in [-0.2, 0) is 6.67 Å². The molecule has 1 N–H and O–H groups in total. The second-order valence-corrected chi connectivity index (χ2v) is 4.48. The number of para-hydroxylation sites is 1. The number of hydrogen-bond donors (Lipinski definition) is 1. The zero-order chi connectivity index (χ0) is 10.7. The number of aromatic nitrogens is 1. The average molecular weight is 267 g/mol. The zero-order valence-electron chi connectivity index (χ0n) is 8.83. The van der Waals surface area contributed by atoms with Gasteiger partial charge in [0.25, 0.3) is 0 Å². The summed E-state index contributed by atoms with van der Waals surface area (Å²) in [7, 11) is 0. The normalized spacial score (nSPS) is 11.1. The second-order valence-electron chi connectivity index (χ2n) is 3.62. The van der Waals surface area contributed by atoms with E-state index in [0.29, 0.717) is 0 Å². The first-order valence-electron chi connectivity index (χ1n) is 5.27. The predicted molar refractivity (Wildman–Crippen MR) is 67.9 cm³/mol. The van der Waals surface area contributed by atoms with Crippen molar-refractivity contribution >= 4 is 26.8 Å². The van der Waals surface area contributed by atoms with E-state index in [1.807, 2.05) is 0 Å². The summed E-state index contributed by atoms with van der Waals surface area (Å²) in [6, 6.07) is 8.43. The van der Waals surface area contributed by atoms with E-state index in [1.165, 1.54) is 17.3 Å². The Balaban J connectivity index is 2.27. The summed E-state index contributed by atoms with van der Waals surface area (Å²) in [4.78, 5) is 0. The monoisotopic (exact) mass is 266 g/mol. The summed E-state index contributed by atoms with van der Waals surface area (Å²) in [5.74, 6) is 0. The number of halogens is 1. The number of benzene rings is 1. The molecule has 0 radical (unpaired) electrons. The number of hydrogen-bond acceptors (Lipinski definition) is 1. The fraction of sp³-hybridized carbons (Fsp3) is 0.333. The topological polar surface area (TPSA) is 17.0 Å². The maximum absolute atomic E-state index is 3.59. The zero-order valence-corrected chi connectivity index (χ0v) is 10.4. The van der Waals surface area contributed by atoms with E-state index in [0.717, 1.165) is 17.7 Å². The molecule has 0 aliphatic heterocycles. The standard InChI is InChI=1S/C12H15BrN2/c1-2-7-14-9-15-8-6-10-4-3-5-11(13)12(10)15/h3-6,8,14H,2,7,9H2,1H3. The molecule has 1 aromatic heterocycles. The van der Waals surface area contributed by atoms with Gasteiger partial charge in [-0.15, -0.1) is 0 Å². The molecule has 0 saturated carbocycles. The third-order valence-corrected chi connectivity index (χ3v) is 3.09. The third kappa shape index (κ3) is 2.24. The molecule has 2 aromatic rings. The molecule has 0 spiro atoms. The van der Waals surface area contributed by atoms with Crippen LogP contribution in [0.5, 0.6) is 0 Å². The van der Waals surface area contributed by atoms with Crippen LogP contribution in [0.4, 0.5) is 0 Å². The molecule has 15 heavy (non-hydrogen) atoms. The van der Waals surface area contributed by atoms with Gasteiger partial charge in [-0.05, 0) is 41.0 Å². The van der Waals surface area contributed by atoms with Gasteiger partial charge in [0.1, 0.15) is 0 Å². The maximum Gasteiger partial charge on any atom is 0.0726 e. The van der Waals surface area contributed by atoms with Gasteiger partial charge in [0, 0.05) is 16.1 Å². The summed E-state index contributed by atoms with van der Waals surface area (Å²) in [6.45, 7) is 4.11. The fourth-order valence-corrected chi connectivity index (χ4v) is 2.33. The Morgan fingerprint density at radius 1 is 1.33 bits per heavy atom. The van der Waals surface area contributed by atoms with Gasteiger partial charge >= 0.3 is 0 Å². The summed E-state index contributed by atoms with van der Waals surface area (Å²) in [6.07, 6.45) is 3.29. The van der Waals surface area contributed by atoms with Gasteiger partial charge in [0.2, 0.25) is 0 Å². The Labute approximate surface area is 98.4 Å². The van der Waals surface area contributed by atoms with Gasteiger partial charge in [-0.1, -0.05) is 19.1 Å². The maximum atomic E-state index is 3.59. The molecule has 0 aliphatic rings. The highest BCUT2D eigenvalue weighted by Crippen LogP contribution is 2.24. The Hall–Kier alpha value is -0.800. The van der Waals surface area contributed by atoms with Crippen LogP contribution in [0, 0.1) is 0 Å². The van der Waals surface area contributed by atoms with Crippen molar-refractivity contribution in [3.05, 3.63) is 34.9 Å². The molecule has 0 saturated heterocycles. The van der Waals surface area contributed by atoms with Crippen LogP contribution in [0.2, 0.25) is 0 Å². The molecule has 1 heterocycles. The predicted octanol–water partition coefficient (Wildman–Crippen LogP) is 3.36. The second kappa shape index (κ2) is 4.81. The Morgan fingerprint density at radius 3 is 3.00 bits per heavy atom. The summed E-state index contributed by atoms with van der Waals surface area (Å²) in [5.41, 5.74) is 1.26. The first-order valence-corrected chi connectivity index (χ1v) is 6.06. The Bertz CT molecular complexity index is 448. The van der Waals surface area contributed by atoms with Crippen molar-refractivity contribution in [1.82, 2.24) is 9.88 Å². The van der Waals surface area contributed by atoms with Crippen LogP contribution in [0.1, 0.15) is 13.3 Å². The van der Waals surface area contributed by atoms with Gasteiger partial charge < -0.3 is 4.57 Å². The van der Waals surface area contributed by atoms with E-state index in [9.17, 15) is 0 Å². The van der Waals surface area contributed by atoms with E-state index in [2.05, 4.69) is 63.2 Å². The van der Waals surface area contributed by atoms with Gasteiger partial charge in [0.15, 0.2) is 0 Å². The molecule has 1 aromatic carbocycles. The van der Waals surface area contributed by atoms with E-state index in [1.54, 1.807) is 0 Å².